The molecular formula is C11H16BrClN2O2S. The Hall–Kier alpha value is -0.300. The Bertz CT molecular complexity index is 494. The standard InChI is InChI=1S/C11H16BrClN2O2S/c1-2-5-14-6-7-18(16,17)15-11-4-3-9(12)8-10(11)13/h3-4,8,14-15H,2,5-7H2,1H3. The van der Waals surface area contributed by atoms with Crippen LogP contribution in [0.3, 0.4) is 0 Å². The number of hydrogen-bond acceptors (Lipinski definition) is 3. The first-order valence-corrected chi connectivity index (χ1v) is 8.43. The van der Waals surface area contributed by atoms with E-state index in [9.17, 15) is 8.42 Å². The van der Waals surface area contributed by atoms with E-state index in [-0.39, 0.29) is 5.75 Å². The molecular weight excluding hydrogens is 340 g/mol. The van der Waals surface area contributed by atoms with Gasteiger partial charge >= 0.3 is 0 Å². The summed E-state index contributed by atoms with van der Waals surface area (Å²) in [6.45, 7) is 3.27. The maximum Gasteiger partial charge on any atom is 0.234 e. The number of anilines is 1. The fourth-order valence-electron chi connectivity index (χ4n) is 1.30. The van der Waals surface area contributed by atoms with Crippen molar-refractivity contribution >= 4 is 43.2 Å². The van der Waals surface area contributed by atoms with Gasteiger partial charge in [-0.1, -0.05) is 34.5 Å². The van der Waals surface area contributed by atoms with Crippen LogP contribution in [0, 0.1) is 0 Å². The highest BCUT2D eigenvalue weighted by molar-refractivity contribution is 9.10. The first kappa shape index (κ1) is 15.8. The van der Waals surface area contributed by atoms with Gasteiger partial charge in [-0.15, -0.1) is 0 Å². The predicted octanol–water partition coefficient (Wildman–Crippen LogP) is 2.84. The highest BCUT2D eigenvalue weighted by atomic mass is 79.9. The lowest BCUT2D eigenvalue weighted by atomic mass is 10.3. The van der Waals surface area contributed by atoms with Crippen LogP contribution in [-0.2, 0) is 10.0 Å². The molecule has 0 amide bonds. The number of rotatable bonds is 7. The van der Waals surface area contributed by atoms with Crippen LogP contribution in [0.2, 0.25) is 5.02 Å². The molecule has 102 valence electrons. The molecule has 0 aromatic heterocycles. The number of nitrogens with one attached hydrogen (secondary N) is 2. The molecule has 1 rings (SSSR count). The van der Waals surface area contributed by atoms with E-state index in [0.717, 1.165) is 17.4 Å². The minimum Gasteiger partial charge on any atom is -0.316 e. The lowest BCUT2D eigenvalue weighted by Crippen LogP contribution is -2.27. The zero-order valence-corrected chi connectivity index (χ0v) is 13.2. The van der Waals surface area contributed by atoms with Gasteiger partial charge in [-0.05, 0) is 31.2 Å². The van der Waals surface area contributed by atoms with Crippen molar-refractivity contribution in [3.05, 3.63) is 27.7 Å². The van der Waals surface area contributed by atoms with Crippen LogP contribution in [0.15, 0.2) is 22.7 Å². The summed E-state index contributed by atoms with van der Waals surface area (Å²) in [5, 5.41) is 3.41. The molecule has 0 heterocycles. The molecule has 0 spiro atoms. The Labute approximate surface area is 121 Å². The highest BCUT2D eigenvalue weighted by Gasteiger charge is 2.12. The Morgan fingerprint density at radius 3 is 2.67 bits per heavy atom. The minimum absolute atomic E-state index is 0.0272. The second-order valence-corrected chi connectivity index (χ2v) is 6.96. The van der Waals surface area contributed by atoms with Gasteiger partial charge in [0.15, 0.2) is 0 Å². The van der Waals surface area contributed by atoms with Gasteiger partial charge in [-0.2, -0.15) is 0 Å². The average Bonchev–Trinajstić information content (AvgIpc) is 2.28. The molecule has 0 aliphatic heterocycles. The summed E-state index contributed by atoms with van der Waals surface area (Å²) >= 11 is 9.21. The van der Waals surface area contributed by atoms with Crippen LogP contribution >= 0.6 is 27.5 Å². The van der Waals surface area contributed by atoms with Gasteiger partial charge in [-0.3, -0.25) is 4.72 Å². The van der Waals surface area contributed by atoms with Crippen molar-refractivity contribution in [2.24, 2.45) is 0 Å². The van der Waals surface area contributed by atoms with Crippen molar-refractivity contribution < 1.29 is 8.42 Å². The van der Waals surface area contributed by atoms with E-state index in [1.807, 2.05) is 6.92 Å². The molecule has 0 unspecified atom stereocenters. The molecule has 0 aliphatic rings. The van der Waals surface area contributed by atoms with Crippen molar-refractivity contribution in [2.45, 2.75) is 13.3 Å². The first-order chi connectivity index (χ1) is 8.44. The predicted molar refractivity (Wildman–Crippen MR) is 79.7 cm³/mol. The molecule has 1 aromatic carbocycles. The molecule has 0 saturated carbocycles. The third-order valence-electron chi connectivity index (χ3n) is 2.17. The van der Waals surface area contributed by atoms with Crippen molar-refractivity contribution in [3.8, 4) is 0 Å². The minimum atomic E-state index is -3.36. The largest absolute Gasteiger partial charge is 0.316 e. The van der Waals surface area contributed by atoms with Crippen molar-refractivity contribution in [1.82, 2.24) is 5.32 Å². The van der Waals surface area contributed by atoms with Crippen molar-refractivity contribution in [1.29, 1.82) is 0 Å². The number of sulfonamides is 1. The molecule has 1 aromatic rings. The molecule has 0 aliphatic carbocycles. The lowest BCUT2D eigenvalue weighted by molar-refractivity contribution is 0.595. The quantitative estimate of drug-likeness (QED) is 0.739. The zero-order valence-electron chi connectivity index (χ0n) is 10.0. The lowest BCUT2D eigenvalue weighted by Gasteiger charge is -2.10. The summed E-state index contributed by atoms with van der Waals surface area (Å²) in [5.74, 6) is 0.0272. The Kier molecular flexibility index (Phi) is 6.42. The summed E-state index contributed by atoms with van der Waals surface area (Å²) in [5.41, 5.74) is 0.398. The zero-order chi connectivity index (χ0) is 13.6. The Balaban J connectivity index is 2.59. The van der Waals surface area contributed by atoms with Crippen LogP contribution in [-0.4, -0.2) is 27.3 Å². The summed E-state index contributed by atoms with van der Waals surface area (Å²) in [6.07, 6.45) is 0.978. The molecule has 0 bridgehead atoms. The van der Waals surface area contributed by atoms with Crippen LogP contribution in [0.1, 0.15) is 13.3 Å². The Morgan fingerprint density at radius 1 is 1.33 bits per heavy atom. The molecule has 7 heteroatoms. The van der Waals surface area contributed by atoms with Crippen LogP contribution in [0.25, 0.3) is 0 Å². The summed E-state index contributed by atoms with van der Waals surface area (Å²) in [6, 6.07) is 5.01. The summed E-state index contributed by atoms with van der Waals surface area (Å²) < 4.78 is 26.8. The summed E-state index contributed by atoms with van der Waals surface area (Å²) in [4.78, 5) is 0. The molecule has 4 nitrogen and oxygen atoms in total. The second kappa shape index (κ2) is 7.33. The molecule has 2 N–H and O–H groups in total. The monoisotopic (exact) mass is 354 g/mol. The third kappa shape index (κ3) is 5.56. The van der Waals surface area contributed by atoms with E-state index >= 15 is 0 Å². The van der Waals surface area contributed by atoms with Gasteiger partial charge in [0.05, 0.1) is 16.5 Å². The van der Waals surface area contributed by atoms with Crippen molar-refractivity contribution in [3.63, 3.8) is 0 Å². The third-order valence-corrected chi connectivity index (χ3v) is 4.25. The molecule has 0 saturated heterocycles. The molecule has 0 atom stereocenters. The van der Waals surface area contributed by atoms with Crippen LogP contribution < -0.4 is 10.0 Å². The van der Waals surface area contributed by atoms with E-state index in [1.54, 1.807) is 18.2 Å². The number of benzene rings is 1. The molecule has 18 heavy (non-hydrogen) atoms. The van der Waals surface area contributed by atoms with E-state index in [2.05, 4.69) is 26.0 Å². The van der Waals surface area contributed by atoms with E-state index < -0.39 is 10.0 Å². The fraction of sp³-hybridized carbons (Fsp3) is 0.455. The highest BCUT2D eigenvalue weighted by Crippen LogP contribution is 2.26. The van der Waals surface area contributed by atoms with E-state index in [0.29, 0.717) is 17.3 Å². The van der Waals surface area contributed by atoms with Gasteiger partial charge in [0, 0.05) is 11.0 Å². The van der Waals surface area contributed by atoms with Crippen LogP contribution in [0.5, 0.6) is 0 Å². The Morgan fingerprint density at radius 2 is 2.06 bits per heavy atom. The average molecular weight is 356 g/mol. The maximum absolute atomic E-state index is 11.8. The maximum atomic E-state index is 11.8. The van der Waals surface area contributed by atoms with Gasteiger partial charge in [-0.25, -0.2) is 8.42 Å². The SMILES string of the molecule is CCCNCCS(=O)(=O)Nc1ccc(Br)cc1Cl. The summed E-state index contributed by atoms with van der Waals surface area (Å²) in [7, 11) is -3.36. The van der Waals surface area contributed by atoms with Gasteiger partial charge in [0.1, 0.15) is 0 Å². The molecule has 0 fully saturated rings. The van der Waals surface area contributed by atoms with Crippen LogP contribution in [0.4, 0.5) is 5.69 Å². The topological polar surface area (TPSA) is 58.2 Å². The van der Waals surface area contributed by atoms with Gasteiger partial charge in [0.2, 0.25) is 10.0 Å². The smallest absolute Gasteiger partial charge is 0.234 e. The normalized spacial score (nSPS) is 11.5. The van der Waals surface area contributed by atoms with Gasteiger partial charge in [0.25, 0.3) is 0 Å². The molecule has 0 radical (unpaired) electrons. The fourth-order valence-corrected chi connectivity index (χ4v) is 3.10. The number of halogens is 2. The number of hydrogen-bond donors (Lipinski definition) is 2. The second-order valence-electron chi connectivity index (χ2n) is 3.80. The van der Waals surface area contributed by atoms with E-state index in [4.69, 9.17) is 11.6 Å². The van der Waals surface area contributed by atoms with E-state index in [1.165, 1.54) is 0 Å². The van der Waals surface area contributed by atoms with Crippen molar-refractivity contribution in [2.75, 3.05) is 23.6 Å². The van der Waals surface area contributed by atoms with Gasteiger partial charge < -0.3 is 5.32 Å². The first-order valence-electron chi connectivity index (χ1n) is 5.61.